The van der Waals surface area contributed by atoms with Gasteiger partial charge in [0.1, 0.15) is 0 Å². The molecule has 0 N–H and O–H groups in total. The molecule has 0 radical (unpaired) electrons. The van der Waals surface area contributed by atoms with E-state index < -0.39 is 11.4 Å². The van der Waals surface area contributed by atoms with Crippen molar-refractivity contribution >= 4 is 57.8 Å². The van der Waals surface area contributed by atoms with E-state index in [1.165, 1.54) is 434 Å². The van der Waals surface area contributed by atoms with E-state index in [2.05, 4.69) is 27.7 Å². The number of hydrogen-bond donors (Lipinski definition) is 0. The van der Waals surface area contributed by atoms with Gasteiger partial charge in [-0.15, -0.1) is 22.8 Å². The first-order chi connectivity index (χ1) is 42.2. The summed E-state index contributed by atoms with van der Waals surface area (Å²) in [5.41, 5.74) is -5.75. The third-order valence-corrected chi connectivity index (χ3v) is 26.7. The van der Waals surface area contributed by atoms with Crippen LogP contribution in [0.4, 0.5) is 0 Å². The second-order valence-electron chi connectivity index (χ2n) is 26.9. The third kappa shape index (κ3) is 88.5. The molecule has 0 aliphatic heterocycles. The molecule has 0 fully saturated rings. The summed E-state index contributed by atoms with van der Waals surface area (Å²) < 4.78 is 11.2. The number of unbranched alkanes of at least 4 members (excludes halogenated alkanes) is 64. The van der Waals surface area contributed by atoms with Gasteiger partial charge in [-0.3, -0.25) is 0 Å². The van der Waals surface area contributed by atoms with Crippen molar-refractivity contribution in [3.8, 4) is 0 Å². The standard InChI is InChI=1S/2C38H79O2PS2.Zn/c2*1-3-5-7-9-11-13-15-17-19-21-23-25-27-29-31-33-35-37-40-41(39,42)43-38-36-34-32-30-28-26-24-22-20-18-16-14-12-10-8-6-4-2;/h2*3-38H2,1-2H3,(H,39,42);/q;;+2/p-2. The Hall–Kier alpha value is 2.46. The molecular formula is C76H156O4P2S4Zn. The SMILES string of the molecule is CCCCCCCCCCCCCCCCCCCOP([O-])(=S)SCCCCCCCCCCCCCCCCCCC.CCCCCCCCCCCCCCCCCCCOP([O-])(=S)SCCCCCCCCCCCCCCCCCCC.[Zn+2]. The fourth-order valence-electron chi connectivity index (χ4n) is 12.1. The average Bonchev–Trinajstić information content (AvgIpc) is 3.54. The fraction of sp³-hybridized carbons (Fsp3) is 1.00. The van der Waals surface area contributed by atoms with E-state index in [9.17, 15) is 9.79 Å². The van der Waals surface area contributed by atoms with Crippen molar-refractivity contribution in [1.29, 1.82) is 0 Å². The number of rotatable bonds is 76. The van der Waals surface area contributed by atoms with Gasteiger partial charge in [0.15, 0.2) is 0 Å². The fourth-order valence-corrected chi connectivity index (χ4v) is 18.9. The van der Waals surface area contributed by atoms with Gasteiger partial charge in [0.25, 0.3) is 0 Å². The van der Waals surface area contributed by atoms with Crippen molar-refractivity contribution in [3.63, 3.8) is 0 Å². The summed E-state index contributed by atoms with van der Waals surface area (Å²) >= 11 is 13.3. The van der Waals surface area contributed by atoms with E-state index in [0.29, 0.717) is 13.2 Å². The maximum Gasteiger partial charge on any atom is 2.00 e. The first-order valence-corrected chi connectivity index (χ1v) is 47.9. The van der Waals surface area contributed by atoms with Crippen LogP contribution in [0.3, 0.4) is 0 Å². The third-order valence-electron chi connectivity index (χ3n) is 18.0. The van der Waals surface area contributed by atoms with Gasteiger partial charge in [-0.05, 0) is 37.2 Å². The van der Waals surface area contributed by atoms with Gasteiger partial charge < -0.3 is 18.8 Å². The van der Waals surface area contributed by atoms with Gasteiger partial charge in [0, 0.05) is 11.4 Å². The Bertz CT molecular complexity index is 1140. The van der Waals surface area contributed by atoms with Gasteiger partial charge in [-0.25, -0.2) is 0 Å². The molecule has 0 aliphatic carbocycles. The summed E-state index contributed by atoms with van der Waals surface area (Å²) in [7, 11) is 0. The monoisotopic (exact) mass is 1390 g/mol. The average molecular weight is 1390 g/mol. The van der Waals surface area contributed by atoms with Crippen LogP contribution >= 0.6 is 34.2 Å². The van der Waals surface area contributed by atoms with E-state index in [1.807, 2.05) is 0 Å². The molecule has 4 nitrogen and oxygen atoms in total. The molecular weight excluding hydrogens is 1230 g/mol. The smallest absolute Gasteiger partial charge is 0.793 e. The molecule has 0 amide bonds. The van der Waals surface area contributed by atoms with E-state index in [1.54, 1.807) is 0 Å². The topological polar surface area (TPSA) is 64.6 Å². The quantitative estimate of drug-likeness (QED) is 0.0339. The predicted octanol–water partition coefficient (Wildman–Crippen LogP) is 29.2. The van der Waals surface area contributed by atoms with Crippen LogP contribution in [0.5, 0.6) is 0 Å². The minimum atomic E-state index is -2.88. The molecule has 0 heterocycles. The molecule has 0 aromatic heterocycles. The van der Waals surface area contributed by atoms with E-state index in [-0.39, 0.29) is 19.5 Å². The Morgan fingerprint density at radius 1 is 0.207 bits per heavy atom. The second-order valence-corrected chi connectivity index (χ2v) is 39.2. The normalized spacial score (nSPS) is 12.9. The van der Waals surface area contributed by atoms with Crippen LogP contribution in [0.2, 0.25) is 0 Å². The second kappa shape index (κ2) is 82.7. The maximum absolute atomic E-state index is 12.5. The van der Waals surface area contributed by atoms with Crippen LogP contribution in [0.1, 0.15) is 464 Å². The van der Waals surface area contributed by atoms with Crippen LogP contribution in [0, 0.1) is 0 Å². The molecule has 11 heteroatoms. The summed E-state index contributed by atoms with van der Waals surface area (Å²) in [5, 5.41) is 0. The molecule has 0 aliphatic rings. The largest absolute Gasteiger partial charge is 2.00 e. The molecule has 0 bridgehead atoms. The van der Waals surface area contributed by atoms with Crippen molar-refractivity contribution in [3.05, 3.63) is 0 Å². The molecule has 520 valence electrons. The maximum atomic E-state index is 12.5. The minimum absolute atomic E-state index is 0. The zero-order chi connectivity index (χ0) is 62.7. The van der Waals surface area contributed by atoms with Crippen molar-refractivity contribution in [2.45, 2.75) is 464 Å². The first kappa shape index (κ1) is 93.7. The molecule has 0 saturated heterocycles. The molecule has 0 saturated carbocycles. The Balaban J connectivity index is -0.00000160. The zero-order valence-corrected chi connectivity index (χ0v) is 67.8. The first-order valence-electron chi connectivity index (χ1n) is 39.4. The summed E-state index contributed by atoms with van der Waals surface area (Å²) in [5.74, 6) is 1.77. The van der Waals surface area contributed by atoms with Crippen LogP contribution in [0.15, 0.2) is 0 Å². The van der Waals surface area contributed by atoms with E-state index in [4.69, 9.17) is 32.7 Å². The molecule has 0 spiro atoms. The molecule has 0 aromatic carbocycles. The van der Waals surface area contributed by atoms with E-state index in [0.717, 1.165) is 37.2 Å². The van der Waals surface area contributed by atoms with Gasteiger partial charge in [-0.2, -0.15) is 0 Å². The van der Waals surface area contributed by atoms with Crippen molar-refractivity contribution < 1.29 is 38.3 Å². The van der Waals surface area contributed by atoms with Gasteiger partial charge in [-0.1, -0.05) is 462 Å². The molecule has 0 aromatic rings. The van der Waals surface area contributed by atoms with Crippen LogP contribution in [0.25, 0.3) is 0 Å². The molecule has 87 heavy (non-hydrogen) atoms. The summed E-state index contributed by atoms with van der Waals surface area (Å²) in [6.07, 6.45) is 93.7. The number of hydrogen-bond acceptors (Lipinski definition) is 8. The van der Waals surface area contributed by atoms with Gasteiger partial charge >= 0.3 is 19.5 Å². The Morgan fingerprint density at radius 3 is 0.460 bits per heavy atom. The van der Waals surface area contributed by atoms with Crippen LogP contribution in [-0.4, -0.2) is 24.7 Å². The minimum Gasteiger partial charge on any atom is -0.793 e. The van der Waals surface area contributed by atoms with E-state index >= 15 is 0 Å². The Kier molecular flexibility index (Phi) is 89.0. The molecule has 2 atom stereocenters. The van der Waals surface area contributed by atoms with Crippen molar-refractivity contribution in [2.75, 3.05) is 24.7 Å². The molecule has 0 rings (SSSR count). The van der Waals surface area contributed by atoms with Crippen molar-refractivity contribution in [1.82, 2.24) is 0 Å². The van der Waals surface area contributed by atoms with Gasteiger partial charge in [0.2, 0.25) is 0 Å². The summed E-state index contributed by atoms with van der Waals surface area (Å²) in [6.45, 7) is 10.3. The van der Waals surface area contributed by atoms with Gasteiger partial charge in [0.05, 0.1) is 13.2 Å². The van der Waals surface area contributed by atoms with Crippen LogP contribution < -0.4 is 9.79 Å². The summed E-state index contributed by atoms with van der Waals surface area (Å²) in [6, 6.07) is 0. The van der Waals surface area contributed by atoms with Crippen molar-refractivity contribution in [2.24, 2.45) is 0 Å². The Labute approximate surface area is 580 Å². The molecule has 2 unspecified atom stereocenters. The summed E-state index contributed by atoms with van der Waals surface area (Å²) in [4.78, 5) is 25.0. The zero-order valence-electron chi connectivity index (χ0n) is 59.8. The Morgan fingerprint density at radius 2 is 0.322 bits per heavy atom. The predicted molar refractivity (Wildman–Crippen MR) is 402 cm³/mol. The van der Waals surface area contributed by atoms with Crippen LogP contribution in [-0.2, 0) is 52.1 Å².